The summed E-state index contributed by atoms with van der Waals surface area (Å²) in [6.07, 6.45) is 2.06. The summed E-state index contributed by atoms with van der Waals surface area (Å²) in [7, 11) is 0. The summed E-state index contributed by atoms with van der Waals surface area (Å²) in [5, 5.41) is 21.7. The number of nitrogens with zero attached hydrogens (tertiary/aromatic N) is 1. The number of aromatic nitrogens is 1. The van der Waals surface area contributed by atoms with Gasteiger partial charge in [0.1, 0.15) is 0 Å². The molecule has 38 heavy (non-hydrogen) atoms. The standard InChI is InChI=1S/C31H33AsNO5/c1-21(27-9-5-7-11-29(27)38-26-14-12-23(13-15-26)30(35)36)37-20-25(34)18-32-31(2,3)17-22-16-24-8-4-6-10-28(24)33-19-22/h4-16,19,21,25,34H,17-18,20H2,1-3H3,(H,35,36)/t21?,25-/m0/s1. The minimum atomic E-state index is -0.978. The number of para-hydroxylation sites is 2. The van der Waals surface area contributed by atoms with Crippen LogP contribution in [0.25, 0.3) is 10.9 Å². The third-order valence-electron chi connectivity index (χ3n) is 6.24. The molecule has 2 atom stereocenters. The van der Waals surface area contributed by atoms with Gasteiger partial charge in [-0.1, -0.05) is 0 Å². The van der Waals surface area contributed by atoms with Crippen LogP contribution in [0, 0.1) is 0 Å². The molecule has 4 rings (SSSR count). The maximum absolute atomic E-state index is 11.1. The van der Waals surface area contributed by atoms with E-state index in [4.69, 9.17) is 14.6 Å². The Bertz CT molecular complexity index is 1370. The number of hydrogen-bond acceptors (Lipinski definition) is 5. The molecule has 0 fully saturated rings. The predicted octanol–water partition coefficient (Wildman–Crippen LogP) is 6.73. The zero-order valence-corrected chi connectivity index (χ0v) is 23.7. The van der Waals surface area contributed by atoms with E-state index >= 15 is 0 Å². The van der Waals surface area contributed by atoms with Crippen molar-refractivity contribution in [2.75, 3.05) is 6.61 Å². The van der Waals surface area contributed by atoms with Crippen LogP contribution in [0.15, 0.2) is 85.1 Å². The molecule has 1 heterocycles. The summed E-state index contributed by atoms with van der Waals surface area (Å²) < 4.78 is 12.2. The second kappa shape index (κ2) is 12.6. The first-order chi connectivity index (χ1) is 18.2. The number of fused-ring (bicyclic) bond motifs is 1. The summed E-state index contributed by atoms with van der Waals surface area (Å²) in [6, 6.07) is 24.2. The number of rotatable bonds is 12. The summed E-state index contributed by atoms with van der Waals surface area (Å²) in [6.45, 7) is 6.70. The zero-order chi connectivity index (χ0) is 27.1. The van der Waals surface area contributed by atoms with Gasteiger partial charge in [-0.05, 0) is 0 Å². The molecule has 4 aromatic rings. The average molecular weight is 575 g/mol. The normalized spacial score (nSPS) is 13.6. The molecule has 7 heteroatoms. The molecule has 1 unspecified atom stereocenters. The monoisotopic (exact) mass is 574 g/mol. The first-order valence-electron chi connectivity index (χ1n) is 12.6. The van der Waals surface area contributed by atoms with E-state index in [9.17, 15) is 9.90 Å². The second-order valence-electron chi connectivity index (χ2n) is 9.96. The van der Waals surface area contributed by atoms with Gasteiger partial charge in [0.2, 0.25) is 0 Å². The van der Waals surface area contributed by atoms with E-state index in [0.29, 0.717) is 11.5 Å². The van der Waals surface area contributed by atoms with E-state index in [0.717, 1.165) is 28.1 Å². The molecule has 0 saturated carbocycles. The molecule has 6 nitrogen and oxygen atoms in total. The number of pyridine rings is 1. The molecule has 0 aliphatic heterocycles. The van der Waals surface area contributed by atoms with Crippen LogP contribution in [0.5, 0.6) is 11.5 Å². The van der Waals surface area contributed by atoms with Crippen molar-refractivity contribution < 1.29 is 24.5 Å². The van der Waals surface area contributed by atoms with Gasteiger partial charge >= 0.3 is 221 Å². The van der Waals surface area contributed by atoms with E-state index in [2.05, 4.69) is 31.0 Å². The molecule has 1 radical (unpaired) electrons. The molecule has 3 aromatic carbocycles. The van der Waals surface area contributed by atoms with Crippen LogP contribution in [0.3, 0.4) is 0 Å². The third-order valence-corrected chi connectivity index (χ3v) is 9.63. The number of aliphatic hydroxyl groups is 1. The predicted molar refractivity (Wildman–Crippen MR) is 150 cm³/mol. The molecule has 0 bridgehead atoms. The molecule has 0 saturated heterocycles. The van der Waals surface area contributed by atoms with Gasteiger partial charge in [0.15, 0.2) is 0 Å². The van der Waals surface area contributed by atoms with Crippen molar-refractivity contribution in [2.45, 2.75) is 48.8 Å². The molecular weight excluding hydrogens is 541 g/mol. The van der Waals surface area contributed by atoms with Crippen LogP contribution < -0.4 is 4.74 Å². The van der Waals surface area contributed by atoms with Gasteiger partial charge in [0.25, 0.3) is 0 Å². The molecule has 0 aliphatic carbocycles. The number of carboxylic acid groups (broad SMARTS) is 1. The average Bonchev–Trinajstić information content (AvgIpc) is 2.91. The van der Waals surface area contributed by atoms with E-state index in [1.54, 1.807) is 12.1 Å². The zero-order valence-electron chi connectivity index (χ0n) is 21.9. The van der Waals surface area contributed by atoms with Crippen LogP contribution >= 0.6 is 0 Å². The summed E-state index contributed by atoms with van der Waals surface area (Å²) >= 11 is -0.123. The SMILES string of the molecule is CC(OC[C@@H](O)C[As]C(C)(C)Cc1cnc2ccccc2c1)c1ccccc1Oc1ccc(C(=O)O)cc1. The van der Waals surface area contributed by atoms with Gasteiger partial charge in [0.05, 0.1) is 0 Å². The van der Waals surface area contributed by atoms with Crippen molar-refractivity contribution in [3.05, 3.63) is 102 Å². The second-order valence-corrected chi connectivity index (χ2v) is 13.9. The molecule has 0 aliphatic rings. The van der Waals surface area contributed by atoms with E-state index in [-0.39, 0.29) is 38.2 Å². The topological polar surface area (TPSA) is 88.9 Å². The number of carboxylic acids is 1. The summed E-state index contributed by atoms with van der Waals surface area (Å²) in [5.74, 6) is 0.199. The third kappa shape index (κ3) is 7.67. The molecule has 0 spiro atoms. The van der Waals surface area contributed by atoms with Crippen LogP contribution in [-0.4, -0.2) is 49.6 Å². The Morgan fingerprint density at radius 1 is 1.03 bits per heavy atom. The van der Waals surface area contributed by atoms with Crippen molar-refractivity contribution in [2.24, 2.45) is 0 Å². The van der Waals surface area contributed by atoms with Crippen molar-refractivity contribution in [3.8, 4) is 11.5 Å². The Hall–Kier alpha value is -3.18. The van der Waals surface area contributed by atoms with Crippen molar-refractivity contribution in [1.29, 1.82) is 0 Å². The van der Waals surface area contributed by atoms with Gasteiger partial charge < -0.3 is 5.11 Å². The van der Waals surface area contributed by atoms with Crippen LogP contribution in [-0.2, 0) is 11.2 Å². The maximum atomic E-state index is 11.1. The molecule has 2 N–H and O–H groups in total. The Labute approximate surface area is 230 Å². The van der Waals surface area contributed by atoms with Crippen LogP contribution in [0.1, 0.15) is 48.4 Å². The van der Waals surface area contributed by atoms with Crippen molar-refractivity contribution in [3.63, 3.8) is 0 Å². The quantitative estimate of drug-likeness (QED) is 0.183. The summed E-state index contributed by atoms with van der Waals surface area (Å²) in [4.78, 5) is 15.7. The van der Waals surface area contributed by atoms with Gasteiger partial charge in [0, 0.05) is 0 Å². The number of benzene rings is 3. The number of aromatic carboxylic acids is 1. The fourth-order valence-electron chi connectivity index (χ4n) is 4.22. The van der Waals surface area contributed by atoms with Crippen LogP contribution in [0.4, 0.5) is 0 Å². The van der Waals surface area contributed by atoms with Crippen molar-refractivity contribution >= 4 is 32.6 Å². The fraction of sp³-hybridized carbons (Fsp3) is 0.290. The van der Waals surface area contributed by atoms with E-state index < -0.39 is 12.1 Å². The first kappa shape index (κ1) is 27.8. The van der Waals surface area contributed by atoms with Gasteiger partial charge in [-0.3, -0.25) is 0 Å². The van der Waals surface area contributed by atoms with Crippen molar-refractivity contribution in [1.82, 2.24) is 4.98 Å². The van der Waals surface area contributed by atoms with Gasteiger partial charge in [-0.2, -0.15) is 0 Å². The van der Waals surface area contributed by atoms with Gasteiger partial charge in [-0.15, -0.1) is 0 Å². The Kier molecular flexibility index (Phi) is 9.21. The molecule has 1 aromatic heterocycles. The van der Waals surface area contributed by atoms with Gasteiger partial charge in [-0.25, -0.2) is 4.79 Å². The minimum absolute atomic E-state index is 0.101. The van der Waals surface area contributed by atoms with Crippen LogP contribution in [0.2, 0.25) is 9.41 Å². The van der Waals surface area contributed by atoms with E-state index in [1.165, 1.54) is 17.7 Å². The Morgan fingerprint density at radius 3 is 2.50 bits per heavy atom. The van der Waals surface area contributed by atoms with E-state index in [1.807, 2.05) is 55.6 Å². The first-order valence-corrected chi connectivity index (χ1v) is 14.9. The fourth-order valence-corrected chi connectivity index (χ4v) is 6.54. The molecule has 0 amide bonds. The molecule has 197 valence electrons. The number of carbonyl (C=O) groups is 1. The molecular formula is C31H33AsNO5. The summed E-state index contributed by atoms with van der Waals surface area (Å²) in [5.41, 5.74) is 3.29. The Morgan fingerprint density at radius 2 is 1.74 bits per heavy atom. The number of ether oxygens (including phenoxy) is 2. The number of aliphatic hydroxyl groups excluding tert-OH is 1. The number of hydrogen-bond donors (Lipinski definition) is 2. The Balaban J connectivity index is 1.29.